The Balaban J connectivity index is 1.56. The third-order valence-corrected chi connectivity index (χ3v) is 5.29. The van der Waals surface area contributed by atoms with Crippen LogP contribution in [-0.2, 0) is 12.8 Å². The molecule has 2 aromatic heterocycles. The van der Waals surface area contributed by atoms with Crippen LogP contribution in [0.25, 0.3) is 22.2 Å². The molecule has 26 heavy (non-hydrogen) atoms. The zero-order chi connectivity index (χ0) is 18.1. The summed E-state index contributed by atoms with van der Waals surface area (Å²) in [5, 5.41) is 6.03. The monoisotopic (exact) mass is 383 g/mol. The molecule has 0 aliphatic rings. The quantitative estimate of drug-likeness (QED) is 0.382. The fourth-order valence-corrected chi connectivity index (χ4v) is 3.57. The first kappa shape index (κ1) is 16.9. The Kier molecular flexibility index (Phi) is 4.53. The Hall–Kier alpha value is -2.57. The zero-order valence-corrected chi connectivity index (χ0v) is 15.4. The van der Waals surface area contributed by atoms with Gasteiger partial charge < -0.3 is 4.52 Å². The van der Waals surface area contributed by atoms with E-state index in [1.807, 2.05) is 48.5 Å². The number of nitrogens with zero attached hydrogens (tertiary/aromatic N) is 3. The van der Waals surface area contributed by atoms with E-state index in [1.165, 1.54) is 11.8 Å². The molecule has 0 amide bonds. The summed E-state index contributed by atoms with van der Waals surface area (Å²) in [4.78, 5) is 17.0. The van der Waals surface area contributed by atoms with Crippen LogP contribution in [0.2, 0.25) is 5.02 Å². The summed E-state index contributed by atoms with van der Waals surface area (Å²) in [7, 11) is 1.73. The van der Waals surface area contributed by atoms with E-state index in [1.54, 1.807) is 17.7 Å². The highest BCUT2D eigenvalue weighted by Crippen LogP contribution is 2.25. The second kappa shape index (κ2) is 6.97. The van der Waals surface area contributed by atoms with Gasteiger partial charge in [0.15, 0.2) is 5.16 Å². The van der Waals surface area contributed by atoms with Gasteiger partial charge in [0, 0.05) is 23.7 Å². The number of halogens is 1. The van der Waals surface area contributed by atoms with E-state index in [0.717, 1.165) is 11.3 Å². The largest absolute Gasteiger partial charge is 0.360 e. The van der Waals surface area contributed by atoms with Crippen molar-refractivity contribution in [2.45, 2.75) is 10.9 Å². The number of thioether (sulfide) groups is 1. The lowest BCUT2D eigenvalue weighted by molar-refractivity contribution is 0.397. The van der Waals surface area contributed by atoms with Gasteiger partial charge in [-0.05, 0) is 24.3 Å². The molecule has 0 aliphatic heterocycles. The van der Waals surface area contributed by atoms with Gasteiger partial charge in [0.05, 0.1) is 16.7 Å². The maximum Gasteiger partial charge on any atom is 0.261 e. The van der Waals surface area contributed by atoms with E-state index in [2.05, 4.69) is 10.1 Å². The number of rotatable bonds is 4. The first-order chi connectivity index (χ1) is 12.6. The molecule has 2 heterocycles. The van der Waals surface area contributed by atoms with E-state index in [4.69, 9.17) is 16.1 Å². The smallest absolute Gasteiger partial charge is 0.261 e. The van der Waals surface area contributed by atoms with Gasteiger partial charge in [-0.2, -0.15) is 0 Å². The average molecular weight is 384 g/mol. The van der Waals surface area contributed by atoms with Crippen LogP contribution in [0.4, 0.5) is 0 Å². The summed E-state index contributed by atoms with van der Waals surface area (Å²) in [6, 6.07) is 16.6. The van der Waals surface area contributed by atoms with E-state index in [9.17, 15) is 4.79 Å². The Morgan fingerprint density at radius 3 is 2.73 bits per heavy atom. The molecule has 0 saturated heterocycles. The van der Waals surface area contributed by atoms with E-state index in [0.29, 0.717) is 32.6 Å². The SMILES string of the molecule is Cn1c(SCc2cc(-c3ccc(Cl)cc3)no2)nc2ccccc2c1=O. The van der Waals surface area contributed by atoms with Crippen molar-refractivity contribution >= 4 is 34.3 Å². The van der Waals surface area contributed by atoms with Crippen molar-refractivity contribution < 1.29 is 4.52 Å². The molecule has 130 valence electrons. The number of fused-ring (bicyclic) bond motifs is 1. The normalized spacial score (nSPS) is 11.2. The van der Waals surface area contributed by atoms with Crippen LogP contribution in [-0.4, -0.2) is 14.7 Å². The minimum Gasteiger partial charge on any atom is -0.360 e. The van der Waals surface area contributed by atoms with Gasteiger partial charge in [-0.3, -0.25) is 9.36 Å². The third-order valence-electron chi connectivity index (χ3n) is 3.98. The van der Waals surface area contributed by atoms with Crippen LogP contribution in [0.1, 0.15) is 5.76 Å². The van der Waals surface area contributed by atoms with E-state index in [-0.39, 0.29) is 5.56 Å². The molecule has 0 fully saturated rings. The highest BCUT2D eigenvalue weighted by molar-refractivity contribution is 7.98. The van der Waals surface area contributed by atoms with Crippen LogP contribution < -0.4 is 5.56 Å². The van der Waals surface area contributed by atoms with Crippen molar-refractivity contribution in [2.75, 3.05) is 0 Å². The van der Waals surface area contributed by atoms with Crippen molar-refractivity contribution in [2.24, 2.45) is 7.05 Å². The van der Waals surface area contributed by atoms with Crippen LogP contribution in [0.3, 0.4) is 0 Å². The summed E-state index contributed by atoms with van der Waals surface area (Å²) in [6.07, 6.45) is 0. The highest BCUT2D eigenvalue weighted by atomic mass is 35.5. The molecule has 7 heteroatoms. The van der Waals surface area contributed by atoms with Gasteiger partial charge in [0.25, 0.3) is 5.56 Å². The summed E-state index contributed by atoms with van der Waals surface area (Å²) in [5.74, 6) is 1.24. The molecule has 0 spiro atoms. The number of para-hydroxylation sites is 1. The Morgan fingerprint density at radius 1 is 1.15 bits per heavy atom. The fourth-order valence-electron chi connectivity index (χ4n) is 2.60. The molecule has 4 rings (SSSR count). The Morgan fingerprint density at radius 2 is 1.92 bits per heavy atom. The summed E-state index contributed by atoms with van der Waals surface area (Å²) in [5.41, 5.74) is 2.32. The van der Waals surface area contributed by atoms with Crippen LogP contribution in [0.15, 0.2) is 69.1 Å². The topological polar surface area (TPSA) is 60.9 Å². The maximum absolute atomic E-state index is 12.4. The molecule has 0 unspecified atom stereocenters. The summed E-state index contributed by atoms with van der Waals surface area (Å²) in [6.45, 7) is 0. The van der Waals surface area contributed by atoms with E-state index < -0.39 is 0 Å². The first-order valence-electron chi connectivity index (χ1n) is 7.92. The molecule has 0 saturated carbocycles. The average Bonchev–Trinajstić information content (AvgIpc) is 3.13. The standard InChI is InChI=1S/C19H14ClN3O2S/c1-23-18(24)15-4-2-3-5-16(15)21-19(23)26-11-14-10-17(22-25-14)12-6-8-13(20)9-7-12/h2-10H,11H2,1H3. The predicted octanol–water partition coefficient (Wildman–Crippen LogP) is 4.53. The van der Waals surface area contributed by atoms with Gasteiger partial charge in [-0.15, -0.1) is 0 Å². The van der Waals surface area contributed by atoms with Gasteiger partial charge in [0.2, 0.25) is 0 Å². The Labute approximate surface area is 158 Å². The van der Waals surface area contributed by atoms with Crippen LogP contribution in [0, 0.1) is 0 Å². The number of benzene rings is 2. The second-order valence-electron chi connectivity index (χ2n) is 5.75. The predicted molar refractivity (Wildman–Crippen MR) is 103 cm³/mol. The van der Waals surface area contributed by atoms with Crippen molar-refractivity contribution in [1.82, 2.24) is 14.7 Å². The number of hydrogen-bond acceptors (Lipinski definition) is 5. The lowest BCUT2D eigenvalue weighted by atomic mass is 10.1. The maximum atomic E-state index is 12.4. The minimum absolute atomic E-state index is 0.0578. The van der Waals surface area contributed by atoms with Crippen molar-refractivity contribution in [3.05, 3.63) is 75.7 Å². The lowest BCUT2D eigenvalue weighted by Crippen LogP contribution is -2.19. The molecular weight excluding hydrogens is 370 g/mol. The summed E-state index contributed by atoms with van der Waals surface area (Å²) >= 11 is 7.35. The van der Waals surface area contributed by atoms with E-state index >= 15 is 0 Å². The minimum atomic E-state index is -0.0578. The molecule has 0 N–H and O–H groups in total. The van der Waals surface area contributed by atoms with Crippen LogP contribution >= 0.6 is 23.4 Å². The molecule has 0 aliphatic carbocycles. The van der Waals surface area contributed by atoms with Crippen molar-refractivity contribution in [3.63, 3.8) is 0 Å². The van der Waals surface area contributed by atoms with Gasteiger partial charge in [-0.25, -0.2) is 4.98 Å². The van der Waals surface area contributed by atoms with Crippen molar-refractivity contribution in [3.8, 4) is 11.3 Å². The van der Waals surface area contributed by atoms with Gasteiger partial charge >= 0.3 is 0 Å². The molecule has 4 aromatic rings. The molecular formula is C19H14ClN3O2S. The van der Waals surface area contributed by atoms with Crippen molar-refractivity contribution in [1.29, 1.82) is 0 Å². The highest BCUT2D eigenvalue weighted by Gasteiger charge is 2.11. The molecule has 0 bridgehead atoms. The zero-order valence-electron chi connectivity index (χ0n) is 13.8. The number of aromatic nitrogens is 3. The molecule has 0 atom stereocenters. The summed E-state index contributed by atoms with van der Waals surface area (Å²) < 4.78 is 6.97. The van der Waals surface area contributed by atoms with Gasteiger partial charge in [0.1, 0.15) is 11.5 Å². The number of hydrogen-bond donors (Lipinski definition) is 0. The molecule has 5 nitrogen and oxygen atoms in total. The fraction of sp³-hybridized carbons (Fsp3) is 0.105. The molecule has 0 radical (unpaired) electrons. The van der Waals surface area contributed by atoms with Gasteiger partial charge in [-0.1, -0.05) is 52.8 Å². The molecule has 2 aromatic carbocycles. The van der Waals surface area contributed by atoms with Crippen LogP contribution in [0.5, 0.6) is 0 Å². The second-order valence-corrected chi connectivity index (χ2v) is 7.13. The first-order valence-corrected chi connectivity index (χ1v) is 9.28. The third kappa shape index (κ3) is 3.25. The lowest BCUT2D eigenvalue weighted by Gasteiger charge is -2.07. The Bertz CT molecular complexity index is 1140.